The van der Waals surface area contributed by atoms with E-state index in [1.54, 1.807) is 0 Å². The van der Waals surface area contributed by atoms with Gasteiger partial charge in [0.15, 0.2) is 0 Å². The Labute approximate surface area is 59.8 Å². The first kappa shape index (κ1) is 8.80. The summed E-state index contributed by atoms with van der Waals surface area (Å²) in [6.45, 7) is 8.40. The SMILES string of the molecule is [B][C@H](C=C(C)C)C(C)C. The van der Waals surface area contributed by atoms with Crippen LogP contribution in [-0.4, -0.2) is 7.85 Å². The molecule has 9 heavy (non-hydrogen) atoms. The lowest BCUT2D eigenvalue weighted by molar-refractivity contribution is 0.660. The Balaban J connectivity index is 3.76. The zero-order chi connectivity index (χ0) is 7.44. The second kappa shape index (κ2) is 3.76. The maximum atomic E-state index is 5.74. The Bertz CT molecular complexity index is 99.1. The van der Waals surface area contributed by atoms with E-state index in [-0.39, 0.29) is 5.82 Å². The van der Waals surface area contributed by atoms with Crippen molar-refractivity contribution in [2.24, 2.45) is 5.92 Å². The molecule has 1 atom stereocenters. The third-order valence-corrected chi connectivity index (χ3v) is 1.30. The number of hydrogen-bond acceptors (Lipinski definition) is 0. The van der Waals surface area contributed by atoms with Crippen molar-refractivity contribution < 1.29 is 0 Å². The van der Waals surface area contributed by atoms with Crippen molar-refractivity contribution in [2.75, 3.05) is 0 Å². The molecular formula is C8H15B. The van der Waals surface area contributed by atoms with Gasteiger partial charge in [-0.05, 0) is 19.8 Å². The summed E-state index contributed by atoms with van der Waals surface area (Å²) in [5, 5.41) is 0. The summed E-state index contributed by atoms with van der Waals surface area (Å²) in [4.78, 5) is 0. The van der Waals surface area contributed by atoms with E-state index in [9.17, 15) is 0 Å². The van der Waals surface area contributed by atoms with Gasteiger partial charge in [0, 0.05) is 0 Å². The van der Waals surface area contributed by atoms with Crippen LogP contribution in [0.15, 0.2) is 11.6 Å². The molecule has 0 amide bonds. The molecule has 0 nitrogen and oxygen atoms in total. The molecule has 0 aliphatic carbocycles. The normalized spacial score (nSPS) is 13.4. The molecular weight excluding hydrogens is 107 g/mol. The molecule has 0 aromatic rings. The van der Waals surface area contributed by atoms with Gasteiger partial charge in [-0.1, -0.05) is 31.3 Å². The standard InChI is InChI=1S/C8H15B/c1-6(2)5-8(9)7(3)4/h5,7-8H,1-4H3/t8-/m1/s1. The molecule has 0 N–H and O–H groups in total. The zero-order valence-corrected chi connectivity index (χ0v) is 6.81. The van der Waals surface area contributed by atoms with E-state index in [1.165, 1.54) is 5.57 Å². The highest BCUT2D eigenvalue weighted by Crippen LogP contribution is 2.15. The smallest absolute Gasteiger partial charge is 0.0758 e. The van der Waals surface area contributed by atoms with Crippen LogP contribution in [0.2, 0.25) is 5.82 Å². The van der Waals surface area contributed by atoms with Gasteiger partial charge in [-0.25, -0.2) is 0 Å². The minimum absolute atomic E-state index is 0.231. The van der Waals surface area contributed by atoms with Crippen LogP contribution in [0.1, 0.15) is 27.7 Å². The molecule has 0 aliphatic rings. The molecule has 0 spiro atoms. The van der Waals surface area contributed by atoms with Gasteiger partial charge in [0.2, 0.25) is 0 Å². The van der Waals surface area contributed by atoms with Gasteiger partial charge in [0.1, 0.15) is 0 Å². The lowest BCUT2D eigenvalue weighted by Gasteiger charge is -2.10. The topological polar surface area (TPSA) is 0 Å². The number of hydrogen-bond donors (Lipinski definition) is 0. The molecule has 0 bridgehead atoms. The molecule has 50 valence electrons. The van der Waals surface area contributed by atoms with Crippen LogP contribution in [-0.2, 0) is 0 Å². The zero-order valence-electron chi connectivity index (χ0n) is 6.81. The van der Waals surface area contributed by atoms with E-state index in [4.69, 9.17) is 7.85 Å². The van der Waals surface area contributed by atoms with Crippen molar-refractivity contribution >= 4 is 7.85 Å². The molecule has 1 heteroatoms. The summed E-state index contributed by atoms with van der Waals surface area (Å²) in [5.41, 5.74) is 1.30. The second-order valence-corrected chi connectivity index (χ2v) is 3.07. The summed E-state index contributed by atoms with van der Waals surface area (Å²) >= 11 is 0. The summed E-state index contributed by atoms with van der Waals surface area (Å²) in [5.74, 6) is 0.787. The van der Waals surface area contributed by atoms with E-state index in [1.807, 2.05) is 0 Å². The minimum Gasteiger partial charge on any atom is -0.0912 e. The van der Waals surface area contributed by atoms with Crippen molar-refractivity contribution in [3.63, 3.8) is 0 Å². The van der Waals surface area contributed by atoms with E-state index < -0.39 is 0 Å². The van der Waals surface area contributed by atoms with Gasteiger partial charge in [0.25, 0.3) is 0 Å². The molecule has 0 aromatic heterocycles. The van der Waals surface area contributed by atoms with Crippen LogP contribution in [0.25, 0.3) is 0 Å². The van der Waals surface area contributed by atoms with Crippen molar-refractivity contribution in [1.82, 2.24) is 0 Å². The Hall–Kier alpha value is -0.195. The second-order valence-electron chi connectivity index (χ2n) is 3.07. The summed E-state index contributed by atoms with van der Waals surface area (Å²) in [6, 6.07) is 0. The first-order valence-electron chi connectivity index (χ1n) is 3.44. The monoisotopic (exact) mass is 122 g/mol. The van der Waals surface area contributed by atoms with Crippen LogP contribution in [0.5, 0.6) is 0 Å². The molecule has 0 aromatic carbocycles. The van der Waals surface area contributed by atoms with Crippen LogP contribution in [0, 0.1) is 5.92 Å². The van der Waals surface area contributed by atoms with Gasteiger partial charge in [-0.3, -0.25) is 0 Å². The van der Waals surface area contributed by atoms with Crippen molar-refractivity contribution in [1.29, 1.82) is 0 Å². The van der Waals surface area contributed by atoms with Crippen molar-refractivity contribution in [2.45, 2.75) is 33.5 Å². The minimum atomic E-state index is 0.231. The molecule has 0 aliphatic heterocycles. The first-order valence-corrected chi connectivity index (χ1v) is 3.44. The van der Waals surface area contributed by atoms with Gasteiger partial charge >= 0.3 is 0 Å². The van der Waals surface area contributed by atoms with E-state index in [0.717, 1.165) is 0 Å². The predicted molar refractivity (Wildman–Crippen MR) is 43.8 cm³/mol. The molecule has 0 heterocycles. The highest BCUT2D eigenvalue weighted by atomic mass is 14.0. The number of allylic oxidation sites excluding steroid dienone is 2. The van der Waals surface area contributed by atoms with Crippen LogP contribution in [0.3, 0.4) is 0 Å². The summed E-state index contributed by atoms with van der Waals surface area (Å²) in [7, 11) is 5.74. The Morgan fingerprint density at radius 1 is 1.33 bits per heavy atom. The van der Waals surface area contributed by atoms with Gasteiger partial charge in [-0.2, -0.15) is 0 Å². The fourth-order valence-electron chi connectivity index (χ4n) is 0.577. The van der Waals surface area contributed by atoms with E-state index in [0.29, 0.717) is 5.92 Å². The van der Waals surface area contributed by atoms with Crippen LogP contribution < -0.4 is 0 Å². The van der Waals surface area contributed by atoms with Crippen molar-refractivity contribution in [3.05, 3.63) is 11.6 Å². The maximum absolute atomic E-state index is 5.74. The highest BCUT2D eigenvalue weighted by molar-refractivity contribution is 6.13. The quantitative estimate of drug-likeness (QED) is 0.390. The maximum Gasteiger partial charge on any atom is 0.0758 e. The molecule has 2 radical (unpaired) electrons. The molecule has 0 unspecified atom stereocenters. The summed E-state index contributed by atoms with van der Waals surface area (Å²) < 4.78 is 0. The predicted octanol–water partition coefficient (Wildman–Crippen LogP) is 2.57. The van der Waals surface area contributed by atoms with Gasteiger partial charge in [0.05, 0.1) is 7.85 Å². The molecule has 0 fully saturated rings. The van der Waals surface area contributed by atoms with E-state index in [2.05, 4.69) is 33.8 Å². The van der Waals surface area contributed by atoms with Crippen molar-refractivity contribution in [3.8, 4) is 0 Å². The fourth-order valence-corrected chi connectivity index (χ4v) is 0.577. The number of rotatable bonds is 2. The van der Waals surface area contributed by atoms with Crippen LogP contribution >= 0.6 is 0 Å². The van der Waals surface area contributed by atoms with E-state index >= 15 is 0 Å². The third kappa shape index (κ3) is 4.32. The lowest BCUT2D eigenvalue weighted by Crippen LogP contribution is -1.97. The highest BCUT2D eigenvalue weighted by Gasteiger charge is 2.00. The first-order chi connectivity index (χ1) is 4.04. The van der Waals surface area contributed by atoms with Gasteiger partial charge in [-0.15, -0.1) is 0 Å². The fraction of sp³-hybridized carbons (Fsp3) is 0.750. The Kier molecular flexibility index (Phi) is 3.68. The largest absolute Gasteiger partial charge is 0.0912 e. The third-order valence-electron chi connectivity index (χ3n) is 1.30. The van der Waals surface area contributed by atoms with Gasteiger partial charge < -0.3 is 0 Å². The summed E-state index contributed by atoms with van der Waals surface area (Å²) in [6.07, 6.45) is 2.10. The average Bonchev–Trinajstić information content (AvgIpc) is 1.63. The molecule has 0 rings (SSSR count). The molecule has 0 saturated carbocycles. The Morgan fingerprint density at radius 3 is 1.89 bits per heavy atom. The molecule has 0 saturated heterocycles. The van der Waals surface area contributed by atoms with Crippen LogP contribution in [0.4, 0.5) is 0 Å². The average molecular weight is 122 g/mol. The Morgan fingerprint density at radius 2 is 1.78 bits per heavy atom. The lowest BCUT2D eigenvalue weighted by atomic mass is 9.77.